The zero-order valence-electron chi connectivity index (χ0n) is 10.5. The van der Waals surface area contributed by atoms with Crippen LogP contribution in [0, 0.1) is 0 Å². The maximum absolute atomic E-state index is 11.4. The molecule has 1 aromatic carbocycles. The number of methoxy groups -OCH3 is 1. The van der Waals surface area contributed by atoms with Crippen molar-refractivity contribution in [1.82, 2.24) is 4.90 Å². The minimum Gasteiger partial charge on any atom is -0.497 e. The lowest BCUT2D eigenvalue weighted by atomic mass is 10.2. The highest BCUT2D eigenvalue weighted by Gasteiger charge is 2.03. The molecule has 0 fully saturated rings. The summed E-state index contributed by atoms with van der Waals surface area (Å²) in [6.45, 7) is 0.573. The first-order valence-electron chi connectivity index (χ1n) is 5.41. The van der Waals surface area contributed by atoms with Gasteiger partial charge in [-0.2, -0.15) is 0 Å². The minimum atomic E-state index is 0.0911. The summed E-state index contributed by atoms with van der Waals surface area (Å²) in [4.78, 5) is 12.9. The number of amides is 1. The molecule has 1 rings (SSSR count). The maximum atomic E-state index is 11.4. The lowest BCUT2D eigenvalue weighted by Crippen LogP contribution is -2.23. The Morgan fingerprint density at radius 2 is 2.12 bits per heavy atom. The smallest absolute Gasteiger partial charge is 0.223 e. The van der Waals surface area contributed by atoms with Crippen LogP contribution in [0.3, 0.4) is 0 Å². The van der Waals surface area contributed by atoms with E-state index in [2.05, 4.69) is 5.32 Å². The van der Waals surface area contributed by atoms with Crippen LogP contribution in [0.5, 0.6) is 5.75 Å². The Kier molecular flexibility index (Phi) is 4.63. The summed E-state index contributed by atoms with van der Waals surface area (Å²) >= 11 is 0. The van der Waals surface area contributed by atoms with Gasteiger partial charge in [0, 0.05) is 50.6 Å². The molecule has 0 saturated carbocycles. The van der Waals surface area contributed by atoms with Crippen molar-refractivity contribution >= 4 is 17.3 Å². The zero-order valence-corrected chi connectivity index (χ0v) is 10.5. The topological polar surface area (TPSA) is 67.6 Å². The number of rotatable bonds is 5. The van der Waals surface area contributed by atoms with Gasteiger partial charge in [0.1, 0.15) is 5.75 Å². The normalized spacial score (nSPS) is 9.82. The Morgan fingerprint density at radius 1 is 1.41 bits per heavy atom. The molecule has 1 amide bonds. The second-order valence-electron chi connectivity index (χ2n) is 3.96. The van der Waals surface area contributed by atoms with Crippen molar-refractivity contribution in [1.29, 1.82) is 0 Å². The van der Waals surface area contributed by atoms with Crippen molar-refractivity contribution in [3.63, 3.8) is 0 Å². The highest BCUT2D eigenvalue weighted by Crippen LogP contribution is 2.21. The van der Waals surface area contributed by atoms with Crippen molar-refractivity contribution in [2.75, 3.05) is 38.8 Å². The molecule has 0 aliphatic heterocycles. The van der Waals surface area contributed by atoms with Crippen LogP contribution in [0.15, 0.2) is 18.2 Å². The van der Waals surface area contributed by atoms with E-state index >= 15 is 0 Å². The van der Waals surface area contributed by atoms with E-state index < -0.39 is 0 Å². The van der Waals surface area contributed by atoms with E-state index in [0.29, 0.717) is 24.4 Å². The quantitative estimate of drug-likeness (QED) is 0.754. The van der Waals surface area contributed by atoms with Crippen LogP contribution in [-0.4, -0.2) is 38.6 Å². The highest BCUT2D eigenvalue weighted by atomic mass is 16.5. The Hall–Kier alpha value is -1.91. The van der Waals surface area contributed by atoms with Crippen LogP contribution in [0.1, 0.15) is 6.42 Å². The first kappa shape index (κ1) is 13.2. The SMILES string of the molecule is COc1cc(N)cc(NCCC(=O)N(C)C)c1. The monoisotopic (exact) mass is 237 g/mol. The number of nitrogens with one attached hydrogen (secondary N) is 1. The molecule has 0 saturated heterocycles. The van der Waals surface area contributed by atoms with Gasteiger partial charge >= 0.3 is 0 Å². The van der Waals surface area contributed by atoms with Crippen LogP contribution in [0.2, 0.25) is 0 Å². The van der Waals surface area contributed by atoms with Gasteiger partial charge in [-0.1, -0.05) is 0 Å². The van der Waals surface area contributed by atoms with Gasteiger partial charge in [0.15, 0.2) is 0 Å². The molecule has 0 aliphatic carbocycles. The van der Waals surface area contributed by atoms with Crippen LogP contribution in [0.4, 0.5) is 11.4 Å². The summed E-state index contributed by atoms with van der Waals surface area (Å²) in [6, 6.07) is 5.40. The summed E-state index contributed by atoms with van der Waals surface area (Å²) in [5, 5.41) is 3.14. The third kappa shape index (κ3) is 4.22. The van der Waals surface area contributed by atoms with Crippen molar-refractivity contribution < 1.29 is 9.53 Å². The molecule has 0 unspecified atom stereocenters. The second kappa shape index (κ2) is 5.98. The lowest BCUT2D eigenvalue weighted by Gasteiger charge is -2.12. The summed E-state index contributed by atoms with van der Waals surface area (Å²) < 4.78 is 5.11. The lowest BCUT2D eigenvalue weighted by molar-refractivity contribution is -0.128. The number of hydrogen-bond acceptors (Lipinski definition) is 4. The van der Waals surface area contributed by atoms with Gasteiger partial charge < -0.3 is 20.7 Å². The summed E-state index contributed by atoms with van der Waals surface area (Å²) in [5.41, 5.74) is 7.20. The Balaban J connectivity index is 2.52. The molecule has 0 radical (unpaired) electrons. The second-order valence-corrected chi connectivity index (χ2v) is 3.96. The van der Waals surface area contributed by atoms with E-state index in [0.717, 1.165) is 5.69 Å². The highest BCUT2D eigenvalue weighted by molar-refractivity contribution is 5.76. The summed E-state index contributed by atoms with van der Waals surface area (Å²) in [7, 11) is 5.08. The van der Waals surface area contributed by atoms with Crippen molar-refractivity contribution in [2.45, 2.75) is 6.42 Å². The Morgan fingerprint density at radius 3 is 2.71 bits per heavy atom. The summed E-state index contributed by atoms with van der Waals surface area (Å²) in [6.07, 6.45) is 0.449. The fourth-order valence-electron chi connectivity index (χ4n) is 1.38. The van der Waals surface area contributed by atoms with E-state index in [4.69, 9.17) is 10.5 Å². The van der Waals surface area contributed by atoms with E-state index in [9.17, 15) is 4.79 Å². The molecular formula is C12H19N3O2. The predicted molar refractivity (Wildman–Crippen MR) is 69.2 cm³/mol. The molecule has 5 nitrogen and oxygen atoms in total. The molecule has 0 spiro atoms. The van der Waals surface area contributed by atoms with E-state index in [1.807, 2.05) is 12.1 Å². The number of nitrogens with zero attached hydrogens (tertiary/aromatic N) is 1. The van der Waals surface area contributed by atoms with Gasteiger partial charge in [0.25, 0.3) is 0 Å². The van der Waals surface area contributed by atoms with Crippen LogP contribution >= 0.6 is 0 Å². The van der Waals surface area contributed by atoms with Crippen LogP contribution in [-0.2, 0) is 4.79 Å². The first-order chi connectivity index (χ1) is 8.02. The Bertz CT molecular complexity index is 391. The molecule has 0 aliphatic rings. The molecule has 0 heterocycles. The van der Waals surface area contributed by atoms with Crippen molar-refractivity contribution in [3.8, 4) is 5.75 Å². The van der Waals surface area contributed by atoms with Gasteiger partial charge in [-0.25, -0.2) is 0 Å². The van der Waals surface area contributed by atoms with Gasteiger partial charge in [0.2, 0.25) is 5.91 Å². The number of anilines is 2. The van der Waals surface area contributed by atoms with E-state index in [-0.39, 0.29) is 5.91 Å². The maximum Gasteiger partial charge on any atom is 0.223 e. The van der Waals surface area contributed by atoms with Gasteiger partial charge in [0.05, 0.1) is 7.11 Å². The molecular weight excluding hydrogens is 218 g/mol. The number of ether oxygens (including phenoxy) is 1. The van der Waals surface area contributed by atoms with Crippen LogP contribution < -0.4 is 15.8 Å². The number of carbonyl (C=O) groups excluding carboxylic acids is 1. The number of nitrogen functional groups attached to an aromatic ring is 1. The molecule has 17 heavy (non-hydrogen) atoms. The molecule has 5 heteroatoms. The Labute approximate surface area is 102 Å². The molecule has 1 aromatic rings. The molecule has 0 bridgehead atoms. The number of nitrogens with two attached hydrogens (primary N) is 1. The summed E-state index contributed by atoms with van der Waals surface area (Å²) in [5.74, 6) is 0.791. The minimum absolute atomic E-state index is 0.0911. The standard InChI is InChI=1S/C12H19N3O2/c1-15(2)12(16)4-5-14-10-6-9(13)7-11(8-10)17-3/h6-8,14H,4-5,13H2,1-3H3. The largest absolute Gasteiger partial charge is 0.497 e. The molecule has 94 valence electrons. The third-order valence-electron chi connectivity index (χ3n) is 2.33. The van der Waals surface area contributed by atoms with Crippen molar-refractivity contribution in [3.05, 3.63) is 18.2 Å². The number of carbonyl (C=O) groups is 1. The number of hydrogen-bond donors (Lipinski definition) is 2. The predicted octanol–water partition coefficient (Wildman–Crippen LogP) is 1.17. The molecule has 3 N–H and O–H groups in total. The van der Waals surface area contributed by atoms with Crippen molar-refractivity contribution in [2.24, 2.45) is 0 Å². The van der Waals surface area contributed by atoms with Gasteiger partial charge in [-0.15, -0.1) is 0 Å². The third-order valence-corrected chi connectivity index (χ3v) is 2.33. The van der Waals surface area contributed by atoms with Crippen LogP contribution in [0.25, 0.3) is 0 Å². The van der Waals surface area contributed by atoms with E-state index in [1.165, 1.54) is 0 Å². The van der Waals surface area contributed by atoms with Gasteiger partial charge in [-0.3, -0.25) is 4.79 Å². The van der Waals surface area contributed by atoms with E-state index in [1.54, 1.807) is 32.2 Å². The fourth-order valence-corrected chi connectivity index (χ4v) is 1.38. The molecule has 0 aromatic heterocycles. The zero-order chi connectivity index (χ0) is 12.8. The fraction of sp³-hybridized carbons (Fsp3) is 0.417. The first-order valence-corrected chi connectivity index (χ1v) is 5.41. The average molecular weight is 237 g/mol. The average Bonchev–Trinajstić information content (AvgIpc) is 2.27. The van der Waals surface area contributed by atoms with Gasteiger partial charge in [-0.05, 0) is 6.07 Å². The molecule has 0 atom stereocenters. The number of benzene rings is 1.